The van der Waals surface area contributed by atoms with E-state index in [1.807, 2.05) is 31.2 Å². The van der Waals surface area contributed by atoms with Gasteiger partial charge in [0.1, 0.15) is 0 Å². The second-order valence-corrected chi connectivity index (χ2v) is 9.31. The zero-order chi connectivity index (χ0) is 19.9. The van der Waals surface area contributed by atoms with Gasteiger partial charge in [-0.05, 0) is 30.0 Å². The number of benzene rings is 2. The van der Waals surface area contributed by atoms with Gasteiger partial charge in [-0.25, -0.2) is 8.42 Å². The van der Waals surface area contributed by atoms with Crippen LogP contribution in [0.15, 0.2) is 64.1 Å². The molecule has 0 aliphatic heterocycles. The normalized spacial score (nSPS) is 15.4. The van der Waals surface area contributed by atoms with E-state index < -0.39 is 9.84 Å². The van der Waals surface area contributed by atoms with Crippen LogP contribution in [0.1, 0.15) is 64.4 Å². The molecular formula is C22H21NO4S. The van der Waals surface area contributed by atoms with Gasteiger partial charge in [-0.1, -0.05) is 54.5 Å². The highest BCUT2D eigenvalue weighted by molar-refractivity contribution is 7.90. The van der Waals surface area contributed by atoms with Gasteiger partial charge in [-0.15, -0.1) is 0 Å². The maximum atomic E-state index is 13.3. The average Bonchev–Trinajstić information content (AvgIpc) is 3.42. The van der Waals surface area contributed by atoms with Gasteiger partial charge < -0.3 is 4.52 Å². The molecule has 0 radical (unpaired) electrons. The maximum absolute atomic E-state index is 13.3. The second-order valence-electron chi connectivity index (χ2n) is 7.33. The van der Waals surface area contributed by atoms with Crippen molar-refractivity contribution in [2.75, 3.05) is 6.26 Å². The fraction of sp³-hybridized carbons (Fsp3) is 0.273. The summed E-state index contributed by atoms with van der Waals surface area (Å²) < 4.78 is 29.8. The zero-order valence-corrected chi connectivity index (χ0v) is 16.6. The van der Waals surface area contributed by atoms with Gasteiger partial charge in [0, 0.05) is 23.7 Å². The highest BCUT2D eigenvalue weighted by Gasteiger charge is 2.33. The molecule has 1 aliphatic carbocycles. The Bertz CT molecular complexity index is 1140. The van der Waals surface area contributed by atoms with Crippen LogP contribution in [0.3, 0.4) is 0 Å². The molecule has 2 aromatic carbocycles. The fourth-order valence-corrected chi connectivity index (χ4v) is 4.63. The lowest BCUT2D eigenvalue weighted by molar-refractivity contribution is 0.103. The molecule has 144 valence electrons. The Morgan fingerprint density at radius 3 is 2.36 bits per heavy atom. The summed E-state index contributed by atoms with van der Waals surface area (Å²) in [5, 5.41) is 3.83. The molecule has 1 fully saturated rings. The molecule has 5 nitrogen and oxygen atoms in total. The third-order valence-electron chi connectivity index (χ3n) is 5.25. The van der Waals surface area contributed by atoms with Crippen molar-refractivity contribution in [1.82, 2.24) is 5.16 Å². The summed E-state index contributed by atoms with van der Waals surface area (Å²) >= 11 is 0. The van der Waals surface area contributed by atoms with Gasteiger partial charge >= 0.3 is 0 Å². The number of ketones is 1. The summed E-state index contributed by atoms with van der Waals surface area (Å²) in [6, 6.07) is 14.3. The zero-order valence-electron chi connectivity index (χ0n) is 15.8. The first-order valence-electron chi connectivity index (χ1n) is 9.25. The summed E-state index contributed by atoms with van der Waals surface area (Å²) in [7, 11) is -3.38. The van der Waals surface area contributed by atoms with Gasteiger partial charge in [0.05, 0.1) is 16.7 Å². The number of hydrogen-bond donors (Lipinski definition) is 0. The van der Waals surface area contributed by atoms with Crippen molar-refractivity contribution in [3.05, 3.63) is 82.7 Å². The highest BCUT2D eigenvalue weighted by atomic mass is 32.2. The number of aromatic nitrogens is 1. The van der Waals surface area contributed by atoms with E-state index in [4.69, 9.17) is 4.52 Å². The number of carbonyl (C=O) groups is 1. The number of rotatable bonds is 6. The second kappa shape index (κ2) is 7.02. The van der Waals surface area contributed by atoms with E-state index in [9.17, 15) is 13.2 Å². The summed E-state index contributed by atoms with van der Waals surface area (Å²) in [6.07, 6.45) is 4.71. The Labute approximate surface area is 164 Å². The first-order chi connectivity index (χ1) is 13.4. The fourth-order valence-electron chi connectivity index (χ4n) is 3.63. The van der Waals surface area contributed by atoms with Crippen molar-refractivity contribution in [3.63, 3.8) is 0 Å². The van der Waals surface area contributed by atoms with Crippen molar-refractivity contribution >= 4 is 15.6 Å². The molecule has 0 saturated heterocycles. The van der Waals surface area contributed by atoms with Gasteiger partial charge in [0.15, 0.2) is 21.4 Å². The Hall–Kier alpha value is -2.73. The van der Waals surface area contributed by atoms with Gasteiger partial charge in [-0.3, -0.25) is 4.79 Å². The number of nitrogens with zero attached hydrogens (tertiary/aromatic N) is 1. The largest absolute Gasteiger partial charge is 0.360 e. The van der Waals surface area contributed by atoms with E-state index in [1.165, 1.54) is 12.5 Å². The van der Waals surface area contributed by atoms with Crippen molar-refractivity contribution < 1.29 is 17.7 Å². The van der Waals surface area contributed by atoms with Crippen LogP contribution < -0.4 is 0 Å². The van der Waals surface area contributed by atoms with E-state index in [2.05, 4.69) is 5.16 Å². The van der Waals surface area contributed by atoms with Crippen molar-refractivity contribution in [1.29, 1.82) is 0 Å². The maximum Gasteiger partial charge on any atom is 0.198 e. The quantitative estimate of drug-likeness (QED) is 0.580. The minimum Gasteiger partial charge on any atom is -0.360 e. The molecule has 0 spiro atoms. The number of carbonyl (C=O) groups excluding carboxylic acids is 1. The van der Waals surface area contributed by atoms with Crippen LogP contribution in [-0.4, -0.2) is 25.6 Å². The van der Waals surface area contributed by atoms with Crippen LogP contribution in [0.4, 0.5) is 0 Å². The molecule has 0 bridgehead atoms. The van der Waals surface area contributed by atoms with Crippen LogP contribution in [-0.2, 0) is 9.84 Å². The van der Waals surface area contributed by atoms with Crippen LogP contribution in [0, 0.1) is 0 Å². The third-order valence-corrected chi connectivity index (χ3v) is 6.42. The van der Waals surface area contributed by atoms with E-state index in [0.717, 1.165) is 18.4 Å². The molecule has 1 unspecified atom stereocenters. The molecule has 1 atom stereocenters. The van der Waals surface area contributed by atoms with Crippen molar-refractivity contribution in [3.8, 4) is 0 Å². The topological polar surface area (TPSA) is 77.2 Å². The Morgan fingerprint density at radius 1 is 1.04 bits per heavy atom. The summed E-state index contributed by atoms with van der Waals surface area (Å²) in [4.78, 5) is 13.6. The van der Waals surface area contributed by atoms with Crippen LogP contribution >= 0.6 is 0 Å². The standard InChI is InChI=1S/C22H21NO4S/c1-14(17-8-5-6-10-20(17)28(2,25)26)16-7-3-4-9-18(16)21(24)19-13-23-27-22(19)15-11-12-15/h3-10,13-15H,11-12H2,1-2H3. The first-order valence-corrected chi connectivity index (χ1v) is 11.1. The highest BCUT2D eigenvalue weighted by Crippen LogP contribution is 2.42. The van der Waals surface area contributed by atoms with Crippen molar-refractivity contribution in [2.45, 2.75) is 36.5 Å². The molecule has 1 saturated carbocycles. The van der Waals surface area contributed by atoms with E-state index in [-0.39, 0.29) is 22.5 Å². The summed E-state index contributed by atoms with van der Waals surface area (Å²) in [5.74, 6) is 0.527. The molecular weight excluding hydrogens is 374 g/mol. The molecule has 28 heavy (non-hydrogen) atoms. The molecule has 1 aromatic heterocycles. The van der Waals surface area contributed by atoms with E-state index >= 15 is 0 Å². The van der Waals surface area contributed by atoms with Crippen molar-refractivity contribution in [2.24, 2.45) is 0 Å². The third kappa shape index (κ3) is 3.40. The van der Waals surface area contributed by atoms with Crippen LogP contribution in [0.25, 0.3) is 0 Å². The molecule has 1 heterocycles. The lowest BCUT2D eigenvalue weighted by atomic mass is 9.87. The molecule has 0 amide bonds. The van der Waals surface area contributed by atoms with Gasteiger partial charge in [-0.2, -0.15) is 0 Å². The monoisotopic (exact) mass is 395 g/mol. The van der Waals surface area contributed by atoms with E-state index in [1.54, 1.807) is 24.3 Å². The Kier molecular flexibility index (Phi) is 4.67. The van der Waals surface area contributed by atoms with Gasteiger partial charge in [0.25, 0.3) is 0 Å². The molecule has 4 rings (SSSR count). The average molecular weight is 395 g/mol. The molecule has 6 heteroatoms. The predicted octanol–water partition coefficient (Wildman–Crippen LogP) is 4.34. The SMILES string of the molecule is CC(c1ccccc1C(=O)c1cnoc1C1CC1)c1ccccc1S(C)(=O)=O. The Balaban J connectivity index is 1.79. The predicted molar refractivity (Wildman–Crippen MR) is 105 cm³/mol. The van der Waals surface area contributed by atoms with Crippen LogP contribution in [0.2, 0.25) is 0 Å². The molecule has 3 aromatic rings. The minimum atomic E-state index is -3.38. The Morgan fingerprint density at radius 2 is 1.68 bits per heavy atom. The minimum absolute atomic E-state index is 0.137. The lowest BCUT2D eigenvalue weighted by Crippen LogP contribution is -2.11. The molecule has 1 aliphatic rings. The van der Waals surface area contributed by atoms with Gasteiger partial charge in [0.2, 0.25) is 0 Å². The number of hydrogen-bond acceptors (Lipinski definition) is 5. The lowest BCUT2D eigenvalue weighted by Gasteiger charge is -2.19. The molecule has 0 N–H and O–H groups in total. The first kappa shape index (κ1) is 18.6. The number of sulfone groups is 1. The smallest absolute Gasteiger partial charge is 0.198 e. The summed E-state index contributed by atoms with van der Waals surface area (Å²) in [6.45, 7) is 1.92. The van der Waals surface area contributed by atoms with Crippen LogP contribution in [0.5, 0.6) is 0 Å². The van der Waals surface area contributed by atoms with E-state index in [0.29, 0.717) is 22.5 Å². The summed E-state index contributed by atoms with van der Waals surface area (Å²) in [5.41, 5.74) is 2.51.